The highest BCUT2D eigenvalue weighted by atomic mass is 16.5. The number of ether oxygens (including phenoxy) is 1. The van der Waals surface area contributed by atoms with E-state index in [0.29, 0.717) is 37.4 Å². The van der Waals surface area contributed by atoms with Gasteiger partial charge < -0.3 is 21.0 Å². The number of oxime groups is 1. The number of anilines is 1. The minimum Gasteiger partial charge on any atom is -0.409 e. The summed E-state index contributed by atoms with van der Waals surface area (Å²) in [6.45, 7) is 3.07. The second-order valence-electron chi connectivity index (χ2n) is 3.49. The summed E-state index contributed by atoms with van der Waals surface area (Å²) in [7, 11) is 0. The smallest absolute Gasteiger partial charge is 0.225 e. The van der Waals surface area contributed by atoms with Crippen molar-refractivity contribution in [3.05, 3.63) is 11.8 Å². The van der Waals surface area contributed by atoms with Crippen molar-refractivity contribution in [2.45, 2.75) is 19.8 Å². The molecule has 0 unspecified atom stereocenters. The Labute approximate surface area is 104 Å². The molecule has 100 valence electrons. The van der Waals surface area contributed by atoms with Crippen molar-refractivity contribution in [2.75, 3.05) is 18.5 Å². The van der Waals surface area contributed by atoms with Gasteiger partial charge in [0, 0.05) is 19.6 Å². The van der Waals surface area contributed by atoms with E-state index < -0.39 is 0 Å². The first-order valence-corrected chi connectivity index (χ1v) is 5.57. The van der Waals surface area contributed by atoms with E-state index in [1.54, 1.807) is 0 Å². The van der Waals surface area contributed by atoms with Gasteiger partial charge in [-0.2, -0.15) is 5.10 Å². The number of H-pyrrole nitrogens is 1. The van der Waals surface area contributed by atoms with Crippen LogP contribution in [0.2, 0.25) is 0 Å². The Morgan fingerprint density at radius 2 is 2.50 bits per heavy atom. The zero-order valence-corrected chi connectivity index (χ0v) is 10.1. The molecule has 0 aliphatic carbocycles. The molecule has 0 saturated carbocycles. The normalized spacial score (nSPS) is 11.5. The number of carbonyl (C=O) groups excluding carboxylic acids is 1. The summed E-state index contributed by atoms with van der Waals surface area (Å²) < 4.78 is 5.13. The largest absolute Gasteiger partial charge is 0.409 e. The van der Waals surface area contributed by atoms with Crippen LogP contribution < -0.4 is 11.1 Å². The maximum Gasteiger partial charge on any atom is 0.225 e. The second kappa shape index (κ2) is 7.28. The van der Waals surface area contributed by atoms with Crippen LogP contribution in [0.3, 0.4) is 0 Å². The van der Waals surface area contributed by atoms with Crippen molar-refractivity contribution in [1.82, 2.24) is 10.2 Å². The van der Waals surface area contributed by atoms with Gasteiger partial charge in [0.1, 0.15) is 5.82 Å². The van der Waals surface area contributed by atoms with Crippen molar-refractivity contribution in [1.29, 1.82) is 0 Å². The van der Waals surface area contributed by atoms with Crippen LogP contribution in [0, 0.1) is 0 Å². The highest BCUT2D eigenvalue weighted by molar-refractivity contribution is 6.04. The Kier molecular flexibility index (Phi) is 5.65. The fraction of sp³-hybridized carbons (Fsp3) is 0.500. The lowest BCUT2D eigenvalue weighted by atomic mass is 10.2. The summed E-state index contributed by atoms with van der Waals surface area (Å²) in [6, 6.07) is 0. The van der Waals surface area contributed by atoms with Gasteiger partial charge in [0.05, 0.1) is 11.8 Å². The molecule has 0 saturated heterocycles. The quantitative estimate of drug-likeness (QED) is 0.183. The minimum absolute atomic E-state index is 0.117. The SMILES string of the molecule is CCOCCCC(=O)Nc1[nH]ncc1C(N)=NO. The summed E-state index contributed by atoms with van der Waals surface area (Å²) in [5.41, 5.74) is 5.77. The van der Waals surface area contributed by atoms with E-state index >= 15 is 0 Å². The molecule has 0 bridgehead atoms. The molecular weight excluding hydrogens is 238 g/mol. The first-order valence-electron chi connectivity index (χ1n) is 5.57. The Morgan fingerprint density at radius 3 is 3.17 bits per heavy atom. The van der Waals surface area contributed by atoms with Gasteiger partial charge in [0.25, 0.3) is 0 Å². The molecule has 0 fully saturated rings. The van der Waals surface area contributed by atoms with Crippen molar-refractivity contribution < 1.29 is 14.7 Å². The molecule has 0 aliphatic rings. The Bertz CT molecular complexity index is 415. The average molecular weight is 255 g/mol. The highest BCUT2D eigenvalue weighted by Crippen LogP contribution is 2.10. The van der Waals surface area contributed by atoms with E-state index in [9.17, 15) is 4.79 Å². The fourth-order valence-corrected chi connectivity index (χ4v) is 1.31. The summed E-state index contributed by atoms with van der Waals surface area (Å²) in [5, 5.41) is 20.3. The molecule has 0 radical (unpaired) electrons. The summed E-state index contributed by atoms with van der Waals surface area (Å²) >= 11 is 0. The van der Waals surface area contributed by atoms with Gasteiger partial charge in [0.15, 0.2) is 5.84 Å². The lowest BCUT2D eigenvalue weighted by Gasteiger charge is -2.05. The van der Waals surface area contributed by atoms with Crippen LogP contribution in [-0.4, -0.2) is 40.4 Å². The fourth-order valence-electron chi connectivity index (χ4n) is 1.31. The summed E-state index contributed by atoms with van der Waals surface area (Å²) in [4.78, 5) is 11.6. The Balaban J connectivity index is 2.47. The summed E-state index contributed by atoms with van der Waals surface area (Å²) in [5.74, 6) is 0.00557. The van der Waals surface area contributed by atoms with Gasteiger partial charge in [0.2, 0.25) is 5.91 Å². The second-order valence-corrected chi connectivity index (χ2v) is 3.49. The van der Waals surface area contributed by atoms with E-state index in [2.05, 4.69) is 20.7 Å². The van der Waals surface area contributed by atoms with Crippen molar-refractivity contribution >= 4 is 17.6 Å². The Hall–Kier alpha value is -2.09. The first-order chi connectivity index (χ1) is 8.69. The van der Waals surface area contributed by atoms with Crippen LogP contribution in [0.25, 0.3) is 0 Å². The molecular formula is C10H17N5O3. The van der Waals surface area contributed by atoms with Gasteiger partial charge in [-0.3, -0.25) is 9.89 Å². The standard InChI is InChI=1S/C10H17N5O3/c1-2-18-5-3-4-8(16)13-10-7(6-12-14-10)9(11)15-17/h6,17H,2-5H2,1H3,(H2,11,15)(H2,12,13,14,16). The van der Waals surface area contributed by atoms with E-state index in [-0.39, 0.29) is 11.7 Å². The molecule has 0 spiro atoms. The molecule has 0 aromatic carbocycles. The number of rotatable bonds is 7. The zero-order chi connectivity index (χ0) is 13.4. The number of nitrogens with one attached hydrogen (secondary N) is 2. The number of aromatic nitrogens is 2. The lowest BCUT2D eigenvalue weighted by molar-refractivity contribution is -0.116. The molecule has 1 amide bonds. The van der Waals surface area contributed by atoms with E-state index in [4.69, 9.17) is 15.7 Å². The molecule has 1 aromatic rings. The van der Waals surface area contributed by atoms with Crippen molar-refractivity contribution in [3.63, 3.8) is 0 Å². The third kappa shape index (κ3) is 4.06. The van der Waals surface area contributed by atoms with Crippen molar-refractivity contribution in [3.8, 4) is 0 Å². The van der Waals surface area contributed by atoms with Crippen LogP contribution in [-0.2, 0) is 9.53 Å². The van der Waals surface area contributed by atoms with E-state index in [1.165, 1.54) is 6.20 Å². The number of amides is 1. The van der Waals surface area contributed by atoms with Gasteiger partial charge in [-0.1, -0.05) is 5.16 Å². The topological polar surface area (TPSA) is 126 Å². The molecule has 18 heavy (non-hydrogen) atoms. The molecule has 1 heterocycles. The highest BCUT2D eigenvalue weighted by Gasteiger charge is 2.12. The third-order valence-corrected chi connectivity index (χ3v) is 2.18. The molecule has 1 aromatic heterocycles. The van der Waals surface area contributed by atoms with Gasteiger partial charge in [-0.05, 0) is 13.3 Å². The predicted octanol–water partition coefficient (Wildman–Crippen LogP) is 0.259. The first kappa shape index (κ1) is 14.0. The van der Waals surface area contributed by atoms with Crippen LogP contribution in [0.4, 0.5) is 5.82 Å². The number of nitrogens with zero attached hydrogens (tertiary/aromatic N) is 2. The number of nitrogens with two attached hydrogens (primary N) is 1. The number of hydrogen-bond acceptors (Lipinski definition) is 5. The predicted molar refractivity (Wildman–Crippen MR) is 65.5 cm³/mol. The molecule has 0 aliphatic heterocycles. The van der Waals surface area contributed by atoms with Gasteiger partial charge in [-0.15, -0.1) is 0 Å². The number of amidine groups is 1. The maximum atomic E-state index is 11.6. The number of hydrogen-bond donors (Lipinski definition) is 4. The lowest BCUT2D eigenvalue weighted by Crippen LogP contribution is -2.18. The van der Waals surface area contributed by atoms with Gasteiger partial charge >= 0.3 is 0 Å². The van der Waals surface area contributed by atoms with Crippen LogP contribution in [0.5, 0.6) is 0 Å². The van der Waals surface area contributed by atoms with E-state index in [0.717, 1.165) is 0 Å². The minimum atomic E-state index is -0.189. The summed E-state index contributed by atoms with van der Waals surface area (Å²) in [6.07, 6.45) is 2.33. The van der Waals surface area contributed by atoms with Crippen LogP contribution >= 0.6 is 0 Å². The monoisotopic (exact) mass is 255 g/mol. The average Bonchev–Trinajstić information content (AvgIpc) is 2.82. The molecule has 5 N–H and O–H groups in total. The van der Waals surface area contributed by atoms with Crippen molar-refractivity contribution in [2.24, 2.45) is 10.9 Å². The molecule has 8 nitrogen and oxygen atoms in total. The molecule has 8 heteroatoms. The number of aromatic amines is 1. The van der Waals surface area contributed by atoms with E-state index in [1.807, 2.05) is 6.92 Å². The zero-order valence-electron chi connectivity index (χ0n) is 10.1. The number of carbonyl (C=O) groups is 1. The third-order valence-electron chi connectivity index (χ3n) is 2.18. The molecule has 1 rings (SSSR count). The van der Waals surface area contributed by atoms with Gasteiger partial charge in [-0.25, -0.2) is 0 Å². The van der Waals surface area contributed by atoms with Crippen LogP contribution in [0.1, 0.15) is 25.3 Å². The van der Waals surface area contributed by atoms with Crippen LogP contribution in [0.15, 0.2) is 11.4 Å². The maximum absolute atomic E-state index is 11.6. The Morgan fingerprint density at radius 1 is 1.72 bits per heavy atom. The molecule has 0 atom stereocenters.